The standard InChI is InChI=1S/C22H27F4N7OS/c1-13(2)33(28)20(31-27)18-4-3-5-19(29-18)30-21(34)16-10-15-12-32(35-9-7-22(24,25)26)8-6-14(15)11-17(16)23/h3-5,10-11,13H,6-9,12,27-28H2,1-2H3,(H,29,30,34)/b31-20-. The van der Waals surface area contributed by atoms with Crippen LogP contribution in [0.4, 0.5) is 23.4 Å². The number of amidine groups is 1. The maximum atomic E-state index is 14.7. The number of benzene rings is 1. The van der Waals surface area contributed by atoms with Crippen LogP contribution < -0.4 is 17.0 Å². The minimum Gasteiger partial charge on any atom is -0.321 e. The molecule has 8 nitrogen and oxygen atoms in total. The molecule has 0 saturated carbocycles. The highest BCUT2D eigenvalue weighted by molar-refractivity contribution is 7.96. The molecule has 0 saturated heterocycles. The minimum absolute atomic E-state index is 0.0967. The Bertz CT molecular complexity index is 1090. The van der Waals surface area contributed by atoms with Gasteiger partial charge >= 0.3 is 6.18 Å². The average Bonchev–Trinajstić information content (AvgIpc) is 2.78. The fourth-order valence-corrected chi connectivity index (χ4v) is 4.48. The van der Waals surface area contributed by atoms with Crippen LogP contribution in [0.5, 0.6) is 0 Å². The number of pyridine rings is 1. The number of hydrazine groups is 1. The molecule has 190 valence electrons. The number of carbonyl (C=O) groups is 1. The Morgan fingerprint density at radius 2 is 2.06 bits per heavy atom. The second-order valence-corrected chi connectivity index (χ2v) is 9.41. The zero-order valence-electron chi connectivity index (χ0n) is 19.3. The Balaban J connectivity index is 1.74. The van der Waals surface area contributed by atoms with E-state index in [1.807, 2.05) is 13.8 Å². The summed E-state index contributed by atoms with van der Waals surface area (Å²) >= 11 is 1.09. The zero-order valence-corrected chi connectivity index (χ0v) is 20.1. The molecule has 3 rings (SSSR count). The molecule has 0 bridgehead atoms. The molecule has 2 aromatic rings. The van der Waals surface area contributed by atoms with Crippen LogP contribution in [0.2, 0.25) is 0 Å². The third kappa shape index (κ3) is 7.05. The monoisotopic (exact) mass is 513 g/mol. The van der Waals surface area contributed by atoms with Gasteiger partial charge in [-0.3, -0.25) is 9.80 Å². The lowest BCUT2D eigenvalue weighted by molar-refractivity contribution is -0.129. The number of amides is 1. The van der Waals surface area contributed by atoms with Crippen LogP contribution in [0, 0.1) is 5.82 Å². The Morgan fingerprint density at radius 3 is 2.71 bits per heavy atom. The van der Waals surface area contributed by atoms with Crippen molar-refractivity contribution in [3.63, 3.8) is 0 Å². The summed E-state index contributed by atoms with van der Waals surface area (Å²) in [4.78, 5) is 17.2. The molecule has 5 N–H and O–H groups in total. The first-order valence-corrected chi connectivity index (χ1v) is 11.8. The van der Waals surface area contributed by atoms with Gasteiger partial charge in [-0.25, -0.2) is 19.5 Å². The number of alkyl halides is 3. The van der Waals surface area contributed by atoms with Gasteiger partial charge in [-0.2, -0.15) is 18.3 Å². The van der Waals surface area contributed by atoms with E-state index in [1.54, 1.807) is 16.4 Å². The predicted molar refractivity (Wildman–Crippen MR) is 128 cm³/mol. The van der Waals surface area contributed by atoms with E-state index in [0.717, 1.165) is 17.5 Å². The number of nitrogens with two attached hydrogens (primary N) is 2. The van der Waals surface area contributed by atoms with Crippen molar-refractivity contribution in [2.45, 2.75) is 45.5 Å². The van der Waals surface area contributed by atoms with Crippen LogP contribution in [0.1, 0.15) is 47.4 Å². The first kappa shape index (κ1) is 26.7. The molecule has 1 aliphatic rings. The lowest BCUT2D eigenvalue weighted by atomic mass is 9.97. The lowest BCUT2D eigenvalue weighted by Crippen LogP contribution is -2.44. The highest BCUT2D eigenvalue weighted by atomic mass is 32.2. The van der Waals surface area contributed by atoms with Crippen molar-refractivity contribution in [2.75, 3.05) is 17.6 Å². The van der Waals surface area contributed by atoms with Crippen LogP contribution in [0.15, 0.2) is 35.4 Å². The topological polar surface area (TPSA) is 113 Å². The van der Waals surface area contributed by atoms with Crippen LogP contribution >= 0.6 is 11.9 Å². The van der Waals surface area contributed by atoms with E-state index in [0.29, 0.717) is 30.8 Å². The number of anilines is 1. The highest BCUT2D eigenvalue weighted by Crippen LogP contribution is 2.29. The first-order valence-electron chi connectivity index (χ1n) is 10.8. The molecular weight excluding hydrogens is 486 g/mol. The summed E-state index contributed by atoms with van der Waals surface area (Å²) in [6.07, 6.45) is -4.63. The quantitative estimate of drug-likeness (QED) is 0.129. The van der Waals surface area contributed by atoms with E-state index < -0.39 is 24.3 Å². The van der Waals surface area contributed by atoms with Crippen molar-refractivity contribution in [3.05, 3.63) is 58.5 Å². The molecule has 1 aliphatic heterocycles. The summed E-state index contributed by atoms with van der Waals surface area (Å²) in [5, 5.41) is 7.57. The molecule has 1 amide bonds. The highest BCUT2D eigenvalue weighted by Gasteiger charge is 2.28. The average molecular weight is 514 g/mol. The number of carbonyl (C=O) groups excluding carboxylic acids is 1. The number of fused-ring (bicyclic) bond motifs is 1. The molecule has 0 radical (unpaired) electrons. The van der Waals surface area contributed by atoms with Crippen molar-refractivity contribution in [2.24, 2.45) is 16.8 Å². The summed E-state index contributed by atoms with van der Waals surface area (Å²) in [7, 11) is 0. The van der Waals surface area contributed by atoms with Gasteiger partial charge in [0.25, 0.3) is 5.91 Å². The molecule has 2 heterocycles. The molecule has 0 aliphatic carbocycles. The Labute approximate surface area is 204 Å². The van der Waals surface area contributed by atoms with Crippen molar-refractivity contribution in [3.8, 4) is 0 Å². The second kappa shape index (κ2) is 11.2. The van der Waals surface area contributed by atoms with Crippen LogP contribution in [0.25, 0.3) is 0 Å². The Kier molecular flexibility index (Phi) is 8.56. The van der Waals surface area contributed by atoms with E-state index in [9.17, 15) is 22.4 Å². The van der Waals surface area contributed by atoms with E-state index in [-0.39, 0.29) is 29.0 Å². The zero-order chi connectivity index (χ0) is 25.8. The number of hydrazone groups is 1. The summed E-state index contributed by atoms with van der Waals surface area (Å²) < 4.78 is 53.8. The third-order valence-corrected chi connectivity index (χ3v) is 6.38. The van der Waals surface area contributed by atoms with Gasteiger partial charge in [0.1, 0.15) is 17.3 Å². The van der Waals surface area contributed by atoms with Gasteiger partial charge in [0.05, 0.1) is 12.0 Å². The van der Waals surface area contributed by atoms with Gasteiger partial charge < -0.3 is 11.2 Å². The van der Waals surface area contributed by atoms with E-state index in [2.05, 4.69) is 15.4 Å². The van der Waals surface area contributed by atoms with Crippen molar-refractivity contribution in [1.29, 1.82) is 0 Å². The first-order chi connectivity index (χ1) is 16.5. The maximum absolute atomic E-state index is 14.7. The molecule has 1 aromatic heterocycles. The van der Waals surface area contributed by atoms with Crippen LogP contribution in [-0.4, -0.2) is 50.6 Å². The summed E-state index contributed by atoms with van der Waals surface area (Å²) in [5.74, 6) is 10.3. The fourth-order valence-electron chi connectivity index (χ4n) is 3.45. The third-order valence-electron chi connectivity index (χ3n) is 5.31. The number of hydrogen-bond donors (Lipinski definition) is 3. The van der Waals surface area contributed by atoms with Crippen molar-refractivity contribution < 1.29 is 22.4 Å². The molecule has 35 heavy (non-hydrogen) atoms. The van der Waals surface area contributed by atoms with Gasteiger partial charge in [0.2, 0.25) is 0 Å². The fraction of sp³-hybridized carbons (Fsp3) is 0.409. The number of rotatable bonds is 7. The Morgan fingerprint density at radius 1 is 1.31 bits per heavy atom. The van der Waals surface area contributed by atoms with E-state index >= 15 is 0 Å². The van der Waals surface area contributed by atoms with E-state index in [4.69, 9.17) is 11.7 Å². The van der Waals surface area contributed by atoms with Crippen molar-refractivity contribution in [1.82, 2.24) is 14.3 Å². The number of hydrogen-bond acceptors (Lipinski definition) is 7. The molecule has 0 atom stereocenters. The van der Waals surface area contributed by atoms with E-state index in [1.165, 1.54) is 23.2 Å². The Hall–Kier alpha value is -2.90. The van der Waals surface area contributed by atoms with Gasteiger partial charge in [-0.05, 0) is 55.7 Å². The molecule has 1 aromatic carbocycles. The van der Waals surface area contributed by atoms with Gasteiger partial charge in [0, 0.05) is 24.9 Å². The van der Waals surface area contributed by atoms with Crippen LogP contribution in [0.3, 0.4) is 0 Å². The van der Waals surface area contributed by atoms with Crippen LogP contribution in [-0.2, 0) is 13.0 Å². The molecule has 0 spiro atoms. The van der Waals surface area contributed by atoms with Crippen molar-refractivity contribution >= 4 is 29.5 Å². The molecular formula is C22H27F4N7OS. The minimum atomic E-state index is -4.21. The second-order valence-electron chi connectivity index (χ2n) is 8.23. The molecule has 0 unspecified atom stereocenters. The number of halogens is 4. The summed E-state index contributed by atoms with van der Waals surface area (Å²) in [6, 6.07) is 7.40. The van der Waals surface area contributed by atoms with Gasteiger partial charge in [0.15, 0.2) is 5.84 Å². The maximum Gasteiger partial charge on any atom is 0.389 e. The summed E-state index contributed by atoms with van der Waals surface area (Å²) in [6.45, 7) is 4.48. The number of nitrogens with one attached hydrogen (secondary N) is 1. The largest absolute Gasteiger partial charge is 0.389 e. The smallest absolute Gasteiger partial charge is 0.321 e. The SMILES string of the molecule is CC(C)N(N)/C(=N\N)c1cccc(NC(=O)c2cc3c(cc2F)CCN(SCCC(F)(F)F)C3)n1. The molecule has 13 heteroatoms. The van der Waals surface area contributed by atoms with Gasteiger partial charge in [-0.1, -0.05) is 18.0 Å². The number of aromatic nitrogens is 1. The molecule has 0 fully saturated rings. The summed E-state index contributed by atoms with van der Waals surface area (Å²) in [5.41, 5.74) is 1.55. The van der Waals surface area contributed by atoms with Gasteiger partial charge in [-0.15, -0.1) is 0 Å². The number of nitrogens with zero attached hydrogens (tertiary/aromatic N) is 4. The normalized spacial score (nSPS) is 14.7. The lowest BCUT2D eigenvalue weighted by Gasteiger charge is -2.28. The predicted octanol–water partition coefficient (Wildman–Crippen LogP) is 3.64.